The third kappa shape index (κ3) is 8.21. The first-order valence-corrected chi connectivity index (χ1v) is 16.6. The van der Waals surface area contributed by atoms with Crippen LogP contribution in [0, 0.1) is 11.8 Å². The minimum Gasteiger partial charge on any atom is -0.502 e. The summed E-state index contributed by atoms with van der Waals surface area (Å²) < 4.78 is 27.9. The van der Waals surface area contributed by atoms with Crippen molar-refractivity contribution in [1.82, 2.24) is 21.3 Å². The van der Waals surface area contributed by atoms with Crippen LogP contribution in [-0.4, -0.2) is 90.4 Å². The molecule has 13 nitrogen and oxygen atoms in total. The Bertz CT molecular complexity index is 1350. The number of phenols is 1. The summed E-state index contributed by atoms with van der Waals surface area (Å²) in [5, 5.41) is 24.0. The number of nitrogens with two attached hydrogens (primary N) is 1. The number of carbonyl (C=O) groups is 2. The van der Waals surface area contributed by atoms with Crippen LogP contribution in [0.5, 0.6) is 28.7 Å². The number of carbonyl (C=O) groups excluding carboxylic acids is 2. The van der Waals surface area contributed by atoms with Crippen LogP contribution in [-0.2, 0) is 14.3 Å². The summed E-state index contributed by atoms with van der Waals surface area (Å²) in [6.07, 6.45) is 4.55. The van der Waals surface area contributed by atoms with Crippen molar-refractivity contribution >= 4 is 11.9 Å². The molecule has 258 valence electrons. The number of nitrogens with one attached hydrogen (secondary N) is 4. The Morgan fingerprint density at radius 2 is 1.45 bits per heavy atom. The van der Waals surface area contributed by atoms with Gasteiger partial charge < -0.3 is 55.8 Å². The van der Waals surface area contributed by atoms with Crippen molar-refractivity contribution in [3.63, 3.8) is 0 Å². The predicted molar refractivity (Wildman–Crippen MR) is 175 cm³/mol. The van der Waals surface area contributed by atoms with Crippen molar-refractivity contribution in [1.29, 1.82) is 0 Å². The summed E-state index contributed by atoms with van der Waals surface area (Å²) in [4.78, 5) is 26.6. The van der Waals surface area contributed by atoms with E-state index in [1.807, 2.05) is 12.1 Å². The molecule has 2 aromatic carbocycles. The van der Waals surface area contributed by atoms with Crippen molar-refractivity contribution in [2.24, 2.45) is 17.6 Å². The van der Waals surface area contributed by atoms with E-state index < -0.39 is 17.9 Å². The fourth-order valence-corrected chi connectivity index (χ4v) is 6.73. The first kappa shape index (κ1) is 34.6. The average Bonchev–Trinajstić information content (AvgIpc) is 3.70. The van der Waals surface area contributed by atoms with Gasteiger partial charge in [-0.05, 0) is 106 Å². The Balaban J connectivity index is 1.20. The molecular weight excluding hydrogens is 606 g/mol. The van der Waals surface area contributed by atoms with Crippen molar-refractivity contribution in [3.05, 3.63) is 41.0 Å². The van der Waals surface area contributed by atoms with Crippen LogP contribution in [0.1, 0.15) is 60.8 Å². The maximum Gasteiger partial charge on any atom is 0.310 e. The quantitative estimate of drug-likeness (QED) is 0.0960. The van der Waals surface area contributed by atoms with Gasteiger partial charge in [0.25, 0.3) is 0 Å². The summed E-state index contributed by atoms with van der Waals surface area (Å²) in [5.41, 5.74) is 7.86. The average molecular weight is 656 g/mol. The molecule has 2 aromatic rings. The van der Waals surface area contributed by atoms with Gasteiger partial charge in [-0.15, -0.1) is 0 Å². The highest BCUT2D eigenvalue weighted by atomic mass is 16.7. The number of aromatic hydroxyl groups is 1. The topological polar surface area (TPSA) is 175 Å². The second-order valence-electron chi connectivity index (χ2n) is 12.2. The predicted octanol–water partition coefficient (Wildman–Crippen LogP) is 1.91. The first-order valence-electron chi connectivity index (χ1n) is 16.6. The highest BCUT2D eigenvalue weighted by Crippen LogP contribution is 2.55. The number of cyclic esters (lactones) is 1. The lowest BCUT2D eigenvalue weighted by atomic mass is 9.65. The molecule has 7 N–H and O–H groups in total. The molecule has 0 aromatic heterocycles. The maximum atomic E-state index is 13.3. The van der Waals surface area contributed by atoms with Gasteiger partial charge in [0.1, 0.15) is 0 Å². The number of benzene rings is 2. The minimum atomic E-state index is -0.592. The third-order valence-corrected chi connectivity index (χ3v) is 9.12. The van der Waals surface area contributed by atoms with Crippen LogP contribution in [0.4, 0.5) is 0 Å². The number of amides is 1. The zero-order valence-electron chi connectivity index (χ0n) is 27.4. The minimum absolute atomic E-state index is 0.0873. The van der Waals surface area contributed by atoms with E-state index >= 15 is 0 Å². The Hall–Kier alpha value is -3.78. The molecular formula is C34H49N5O8. The van der Waals surface area contributed by atoms with Gasteiger partial charge in [-0.2, -0.15) is 0 Å². The highest BCUT2D eigenvalue weighted by Gasteiger charge is 2.53. The molecule has 5 rings (SSSR count). The van der Waals surface area contributed by atoms with Gasteiger partial charge in [-0.3, -0.25) is 9.59 Å². The Kier molecular flexibility index (Phi) is 12.4. The molecule has 1 fully saturated rings. The van der Waals surface area contributed by atoms with E-state index in [0.29, 0.717) is 30.0 Å². The fraction of sp³-hybridized carbons (Fsp3) is 0.588. The van der Waals surface area contributed by atoms with E-state index in [0.717, 1.165) is 76.1 Å². The maximum absolute atomic E-state index is 13.3. The van der Waals surface area contributed by atoms with Crippen LogP contribution < -0.4 is 45.9 Å². The molecule has 1 unspecified atom stereocenters. The van der Waals surface area contributed by atoms with Gasteiger partial charge in [0.15, 0.2) is 23.0 Å². The molecule has 0 saturated carbocycles. The Morgan fingerprint density at radius 1 is 0.851 bits per heavy atom. The molecule has 2 aliphatic heterocycles. The van der Waals surface area contributed by atoms with E-state index in [9.17, 15) is 14.7 Å². The third-order valence-electron chi connectivity index (χ3n) is 9.12. The molecule has 0 spiro atoms. The van der Waals surface area contributed by atoms with Crippen LogP contribution in [0.3, 0.4) is 0 Å². The van der Waals surface area contributed by atoms with E-state index in [4.69, 9.17) is 29.4 Å². The van der Waals surface area contributed by atoms with E-state index in [1.54, 1.807) is 12.1 Å². The zero-order chi connectivity index (χ0) is 33.2. The van der Waals surface area contributed by atoms with E-state index in [-0.39, 0.29) is 48.4 Å². The van der Waals surface area contributed by atoms with Gasteiger partial charge in [0, 0.05) is 24.8 Å². The number of unbranched alkanes of at least 4 members (excludes halogenated alkanes) is 1. The molecule has 47 heavy (non-hydrogen) atoms. The number of esters is 1. The number of phenolic OH excluding ortho intramolecular Hbond substituents is 1. The second-order valence-corrected chi connectivity index (χ2v) is 12.2. The number of hydrogen-bond acceptors (Lipinski definition) is 12. The standard InChI is InChI=1S/C34H49N5O8/c1-43-27-15-21(16-28(44-2)33(27)41)30-22-17-25-26(47-20-46-25)18-23(22)32(24-19-45-34(42)31(24)30)39-29(40)7-14-38-13-6-12-37-10-4-3-9-36-11-5-8-35/h15-18,24,30-32,36-38,41H,3-14,19-20,35H2,1-2H3,(H,39,40)/t24-,30?,31-,32+/m0/s1. The molecule has 4 atom stereocenters. The van der Waals surface area contributed by atoms with Crippen molar-refractivity contribution < 1.29 is 38.4 Å². The monoisotopic (exact) mass is 655 g/mol. The summed E-state index contributed by atoms with van der Waals surface area (Å²) in [5.74, 6) is -0.367. The number of fused-ring (bicyclic) bond motifs is 3. The number of hydrogen-bond donors (Lipinski definition) is 6. The number of rotatable bonds is 19. The summed E-state index contributed by atoms with van der Waals surface area (Å²) in [7, 11) is 2.92. The van der Waals surface area contributed by atoms with E-state index in [1.165, 1.54) is 14.2 Å². The number of ether oxygens (including phenoxy) is 5. The van der Waals surface area contributed by atoms with Crippen molar-refractivity contribution in [2.45, 2.75) is 44.1 Å². The van der Waals surface area contributed by atoms with Gasteiger partial charge in [0.2, 0.25) is 18.4 Å². The molecule has 0 radical (unpaired) electrons. The summed E-state index contributed by atoms with van der Waals surface area (Å²) in [6.45, 7) is 6.26. The lowest BCUT2D eigenvalue weighted by Gasteiger charge is -2.39. The van der Waals surface area contributed by atoms with Crippen LogP contribution >= 0.6 is 0 Å². The van der Waals surface area contributed by atoms with Gasteiger partial charge in [-0.1, -0.05) is 0 Å². The lowest BCUT2D eigenvalue weighted by Crippen LogP contribution is -2.43. The van der Waals surface area contributed by atoms with Crippen LogP contribution in [0.15, 0.2) is 24.3 Å². The molecule has 2 heterocycles. The molecule has 1 saturated heterocycles. The van der Waals surface area contributed by atoms with Gasteiger partial charge >= 0.3 is 5.97 Å². The largest absolute Gasteiger partial charge is 0.502 e. The van der Waals surface area contributed by atoms with Crippen molar-refractivity contribution in [3.8, 4) is 28.7 Å². The Morgan fingerprint density at radius 3 is 2.09 bits per heavy atom. The second kappa shape index (κ2) is 16.9. The normalized spacial score (nSPS) is 20.8. The smallest absolute Gasteiger partial charge is 0.310 e. The molecule has 1 amide bonds. The zero-order valence-corrected chi connectivity index (χ0v) is 27.4. The van der Waals surface area contributed by atoms with Crippen LogP contribution in [0.25, 0.3) is 0 Å². The fourth-order valence-electron chi connectivity index (χ4n) is 6.73. The molecule has 3 aliphatic rings. The summed E-state index contributed by atoms with van der Waals surface area (Å²) in [6, 6.07) is 6.73. The molecule has 13 heteroatoms. The van der Waals surface area contributed by atoms with Crippen LogP contribution in [0.2, 0.25) is 0 Å². The SMILES string of the molecule is COc1cc(C2c3cc4c(cc3[C@@H](NC(=O)CCNCCCNCCCCNCCCN)[C@H]3COC(=O)[C@H]23)OCO4)cc(OC)c1O. The number of methoxy groups -OCH3 is 2. The molecule has 1 aliphatic carbocycles. The summed E-state index contributed by atoms with van der Waals surface area (Å²) >= 11 is 0. The van der Waals surface area contributed by atoms with Gasteiger partial charge in [-0.25, -0.2) is 0 Å². The highest BCUT2D eigenvalue weighted by molar-refractivity contribution is 5.81. The van der Waals surface area contributed by atoms with Crippen molar-refractivity contribution in [2.75, 3.05) is 73.4 Å². The lowest BCUT2D eigenvalue weighted by molar-refractivity contribution is -0.141. The Labute approximate surface area is 276 Å². The van der Waals surface area contributed by atoms with E-state index in [2.05, 4.69) is 21.3 Å². The first-order chi connectivity index (χ1) is 23.0. The van der Waals surface area contributed by atoms with Gasteiger partial charge in [0.05, 0.1) is 32.8 Å². The molecule has 0 bridgehead atoms.